The van der Waals surface area contributed by atoms with Gasteiger partial charge in [0.25, 0.3) is 7.79 Å². The summed E-state index contributed by atoms with van der Waals surface area (Å²) in [6.07, 6.45) is 5.17. The Morgan fingerprint density at radius 1 is 1.24 bits per heavy atom. The topological polar surface area (TPSA) is 15.7 Å². The van der Waals surface area contributed by atoms with Crippen LogP contribution in [0.4, 0.5) is 0 Å². The SMILES string of the molecule is CCC(CC)N1CC2CN3C(CC)CO[P+]13C2. The van der Waals surface area contributed by atoms with Gasteiger partial charge in [-0.15, -0.1) is 9.34 Å². The average Bonchev–Trinajstić information content (AvgIpc) is 2.96. The highest BCUT2D eigenvalue weighted by Gasteiger charge is 2.71. The second kappa shape index (κ2) is 4.45. The first kappa shape index (κ1) is 12.3. The van der Waals surface area contributed by atoms with Gasteiger partial charge in [-0.3, -0.25) is 0 Å². The molecule has 1 spiro atoms. The maximum atomic E-state index is 6.42. The summed E-state index contributed by atoms with van der Waals surface area (Å²) in [5.41, 5.74) is 0. The molecule has 2 bridgehead atoms. The van der Waals surface area contributed by atoms with E-state index in [0.717, 1.165) is 18.6 Å². The lowest BCUT2D eigenvalue weighted by atomic mass is 10.1. The Kier molecular flexibility index (Phi) is 3.23. The van der Waals surface area contributed by atoms with Crippen molar-refractivity contribution < 1.29 is 4.52 Å². The first-order valence-electron chi connectivity index (χ1n) is 7.32. The number of hydrogen-bond donors (Lipinski definition) is 0. The van der Waals surface area contributed by atoms with E-state index in [1.807, 2.05) is 0 Å². The summed E-state index contributed by atoms with van der Waals surface area (Å²) in [4.78, 5) is 0. The Morgan fingerprint density at radius 2 is 2.00 bits per heavy atom. The van der Waals surface area contributed by atoms with E-state index < -0.39 is 7.79 Å². The van der Waals surface area contributed by atoms with Crippen LogP contribution in [-0.2, 0) is 4.52 Å². The van der Waals surface area contributed by atoms with E-state index in [0.29, 0.717) is 6.04 Å². The van der Waals surface area contributed by atoms with Gasteiger partial charge in [0.15, 0.2) is 0 Å². The fraction of sp³-hybridized carbons (Fsp3) is 1.00. The summed E-state index contributed by atoms with van der Waals surface area (Å²) in [6.45, 7) is 10.6. The average molecular weight is 257 g/mol. The lowest BCUT2D eigenvalue weighted by Gasteiger charge is -2.37. The summed E-state index contributed by atoms with van der Waals surface area (Å²) in [6, 6.07) is 1.47. The Bertz CT molecular complexity index is 297. The zero-order valence-corrected chi connectivity index (χ0v) is 12.3. The van der Waals surface area contributed by atoms with Crippen molar-refractivity contribution in [2.45, 2.75) is 52.1 Å². The molecule has 0 saturated carbocycles. The van der Waals surface area contributed by atoms with Gasteiger partial charge in [-0.05, 0) is 19.3 Å². The van der Waals surface area contributed by atoms with E-state index in [1.54, 1.807) is 0 Å². The van der Waals surface area contributed by atoms with Crippen LogP contribution in [0.2, 0.25) is 0 Å². The molecule has 3 atom stereocenters. The van der Waals surface area contributed by atoms with Crippen LogP contribution >= 0.6 is 7.79 Å². The smallest absolute Gasteiger partial charge is 0.198 e. The monoisotopic (exact) mass is 257 g/mol. The van der Waals surface area contributed by atoms with E-state index >= 15 is 0 Å². The summed E-state index contributed by atoms with van der Waals surface area (Å²) in [7, 11) is -1.32. The van der Waals surface area contributed by atoms with E-state index in [-0.39, 0.29) is 0 Å². The van der Waals surface area contributed by atoms with E-state index in [4.69, 9.17) is 4.52 Å². The third-order valence-electron chi connectivity index (χ3n) is 4.92. The molecule has 3 heterocycles. The van der Waals surface area contributed by atoms with Crippen molar-refractivity contribution in [2.75, 3.05) is 25.9 Å². The summed E-state index contributed by atoms with van der Waals surface area (Å²) >= 11 is 0. The van der Waals surface area contributed by atoms with Gasteiger partial charge in [-0.2, -0.15) is 4.52 Å². The molecule has 0 aromatic rings. The zero-order chi connectivity index (χ0) is 12.0. The molecule has 0 aromatic carbocycles. The van der Waals surface area contributed by atoms with Crippen LogP contribution in [0.5, 0.6) is 0 Å². The first-order chi connectivity index (χ1) is 8.25. The molecule has 0 amide bonds. The predicted octanol–water partition coefficient (Wildman–Crippen LogP) is 2.99. The van der Waals surface area contributed by atoms with E-state index in [1.165, 1.54) is 38.5 Å². The van der Waals surface area contributed by atoms with Gasteiger partial charge in [-0.1, -0.05) is 20.8 Å². The van der Waals surface area contributed by atoms with Crippen molar-refractivity contribution in [3.63, 3.8) is 0 Å². The van der Waals surface area contributed by atoms with Crippen molar-refractivity contribution in [3.05, 3.63) is 0 Å². The number of fused-ring (bicyclic) bond motifs is 1. The lowest BCUT2D eigenvalue weighted by Crippen LogP contribution is -2.43. The molecule has 0 radical (unpaired) electrons. The first-order valence-corrected chi connectivity index (χ1v) is 9.11. The molecule has 3 nitrogen and oxygen atoms in total. The minimum Gasteiger partial charge on any atom is -0.198 e. The highest BCUT2D eigenvalue weighted by molar-refractivity contribution is 7.67. The van der Waals surface area contributed by atoms with Crippen molar-refractivity contribution >= 4 is 7.79 Å². The second-order valence-electron chi connectivity index (χ2n) is 5.79. The van der Waals surface area contributed by atoms with Crippen LogP contribution in [0.3, 0.4) is 0 Å². The van der Waals surface area contributed by atoms with Gasteiger partial charge < -0.3 is 0 Å². The molecule has 0 N–H and O–H groups in total. The number of rotatable bonds is 4. The normalized spacial score (nSPS) is 41.6. The molecule has 4 heteroatoms. The van der Waals surface area contributed by atoms with Gasteiger partial charge >= 0.3 is 0 Å². The molecular weight excluding hydrogens is 231 g/mol. The second-order valence-corrected chi connectivity index (χ2v) is 8.77. The summed E-state index contributed by atoms with van der Waals surface area (Å²) in [5.74, 6) is 0.901. The third-order valence-corrected chi connectivity index (χ3v) is 9.06. The van der Waals surface area contributed by atoms with Crippen LogP contribution in [0, 0.1) is 5.92 Å². The van der Waals surface area contributed by atoms with E-state index in [2.05, 4.69) is 30.1 Å². The molecule has 3 saturated heterocycles. The Hall–Kier alpha value is 0.310. The highest BCUT2D eigenvalue weighted by Crippen LogP contribution is 2.78. The molecule has 3 aliphatic rings. The lowest BCUT2D eigenvalue weighted by molar-refractivity contribution is 0.226. The Labute approximate surface area is 106 Å². The van der Waals surface area contributed by atoms with Gasteiger partial charge in [0.2, 0.25) is 0 Å². The molecule has 3 rings (SSSR count). The van der Waals surface area contributed by atoms with E-state index in [9.17, 15) is 0 Å². The van der Waals surface area contributed by atoms with Crippen molar-refractivity contribution in [1.29, 1.82) is 0 Å². The Balaban J connectivity index is 1.85. The van der Waals surface area contributed by atoms with Crippen LogP contribution in [0.25, 0.3) is 0 Å². The maximum absolute atomic E-state index is 6.42. The molecule has 0 aromatic heterocycles. The van der Waals surface area contributed by atoms with Crippen LogP contribution in [-0.4, -0.2) is 47.3 Å². The van der Waals surface area contributed by atoms with Crippen molar-refractivity contribution in [3.8, 4) is 0 Å². The van der Waals surface area contributed by atoms with Gasteiger partial charge in [0.05, 0.1) is 6.04 Å². The van der Waals surface area contributed by atoms with Gasteiger partial charge in [0.1, 0.15) is 12.8 Å². The third kappa shape index (κ3) is 1.63. The fourth-order valence-corrected chi connectivity index (χ4v) is 8.97. The molecule has 3 unspecified atom stereocenters. The standard InChI is InChI=1S/C13H26N2OP/c1-4-12(5-2)14-7-11-8-15-13(6-3)9-16-17(14,15)10-11/h11-13H,4-10H2,1-3H3/q+1. The molecule has 98 valence electrons. The number of nitrogens with zero attached hydrogens (tertiary/aromatic N) is 2. The van der Waals surface area contributed by atoms with Crippen LogP contribution in [0.1, 0.15) is 40.0 Å². The minimum atomic E-state index is -1.32. The molecule has 0 aliphatic carbocycles. The number of hydrogen-bond acceptors (Lipinski definition) is 3. The molecule has 17 heavy (non-hydrogen) atoms. The van der Waals surface area contributed by atoms with Crippen molar-refractivity contribution in [1.82, 2.24) is 9.34 Å². The minimum absolute atomic E-state index is 0.713. The Morgan fingerprint density at radius 3 is 2.65 bits per heavy atom. The van der Waals surface area contributed by atoms with Crippen molar-refractivity contribution in [2.24, 2.45) is 5.92 Å². The van der Waals surface area contributed by atoms with Gasteiger partial charge in [0, 0.05) is 25.0 Å². The summed E-state index contributed by atoms with van der Waals surface area (Å²) in [5, 5.41) is 0. The highest BCUT2D eigenvalue weighted by atomic mass is 31.2. The molecular formula is C13H26N2OP+. The fourth-order valence-electron chi connectivity index (χ4n) is 3.99. The van der Waals surface area contributed by atoms with Gasteiger partial charge in [-0.25, -0.2) is 0 Å². The predicted molar refractivity (Wildman–Crippen MR) is 73.1 cm³/mol. The zero-order valence-electron chi connectivity index (χ0n) is 11.4. The molecule has 3 fully saturated rings. The molecule has 3 aliphatic heterocycles. The largest absolute Gasteiger partial charge is 0.290 e. The quantitative estimate of drug-likeness (QED) is 0.720. The maximum Gasteiger partial charge on any atom is 0.290 e. The summed E-state index contributed by atoms with van der Waals surface area (Å²) < 4.78 is 12.0. The van der Waals surface area contributed by atoms with Crippen LogP contribution < -0.4 is 0 Å². The van der Waals surface area contributed by atoms with Crippen LogP contribution in [0.15, 0.2) is 0 Å².